The van der Waals surface area contributed by atoms with Gasteiger partial charge in [-0.3, -0.25) is 5.84 Å². The van der Waals surface area contributed by atoms with Crippen molar-refractivity contribution in [2.75, 3.05) is 26.7 Å². The van der Waals surface area contributed by atoms with E-state index in [0.29, 0.717) is 0 Å². The third-order valence-corrected chi connectivity index (χ3v) is 4.74. The number of nitrogens with zero attached hydrogens (tertiary/aromatic N) is 2. The molecule has 2 N–H and O–H groups in total. The minimum absolute atomic E-state index is 0.776. The second-order valence-corrected chi connectivity index (χ2v) is 6.04. The highest BCUT2D eigenvalue weighted by molar-refractivity contribution is 4.77. The highest BCUT2D eigenvalue weighted by Crippen LogP contribution is 2.26. The topological polar surface area (TPSA) is 32.5 Å². The number of hydrazine groups is 1. The van der Waals surface area contributed by atoms with E-state index in [0.717, 1.165) is 25.0 Å². The van der Waals surface area contributed by atoms with Crippen LogP contribution in [0.1, 0.15) is 51.4 Å². The average molecular weight is 239 g/mol. The van der Waals surface area contributed by atoms with E-state index in [1.807, 2.05) is 5.01 Å². The molecule has 100 valence electrons. The molecule has 0 aromatic rings. The molecule has 1 saturated heterocycles. The van der Waals surface area contributed by atoms with E-state index < -0.39 is 0 Å². The van der Waals surface area contributed by atoms with Crippen LogP contribution in [0, 0.1) is 5.92 Å². The maximum atomic E-state index is 5.80. The largest absolute Gasteiger partial charge is 0.303 e. The van der Waals surface area contributed by atoms with Crippen LogP contribution in [-0.2, 0) is 0 Å². The summed E-state index contributed by atoms with van der Waals surface area (Å²) in [5, 5.41) is 1.96. The molecule has 0 unspecified atom stereocenters. The van der Waals surface area contributed by atoms with Crippen molar-refractivity contribution >= 4 is 0 Å². The normalized spacial score (nSPS) is 25.6. The van der Waals surface area contributed by atoms with Gasteiger partial charge >= 0.3 is 0 Å². The van der Waals surface area contributed by atoms with Crippen LogP contribution in [0.2, 0.25) is 0 Å². The summed E-state index contributed by atoms with van der Waals surface area (Å²) in [5.41, 5.74) is 0. The van der Waals surface area contributed by atoms with Gasteiger partial charge < -0.3 is 4.90 Å². The smallest absolute Gasteiger partial charge is 0.0143 e. The second-order valence-electron chi connectivity index (χ2n) is 6.04. The molecule has 0 atom stereocenters. The van der Waals surface area contributed by atoms with Gasteiger partial charge in [0.05, 0.1) is 0 Å². The fourth-order valence-corrected chi connectivity index (χ4v) is 3.37. The lowest BCUT2D eigenvalue weighted by molar-refractivity contribution is 0.121. The molecule has 1 aliphatic carbocycles. The zero-order valence-electron chi connectivity index (χ0n) is 11.4. The molecular weight excluding hydrogens is 210 g/mol. The molecule has 1 heterocycles. The average Bonchev–Trinajstić information content (AvgIpc) is 2.38. The summed E-state index contributed by atoms with van der Waals surface area (Å²) in [7, 11) is 2.31. The zero-order valence-corrected chi connectivity index (χ0v) is 11.4. The van der Waals surface area contributed by atoms with Gasteiger partial charge in [-0.05, 0) is 38.8 Å². The predicted octanol–water partition coefficient (Wildman–Crippen LogP) is 2.23. The Labute approximate surface area is 106 Å². The van der Waals surface area contributed by atoms with Crippen LogP contribution in [0.4, 0.5) is 0 Å². The molecule has 0 amide bonds. The molecule has 2 rings (SSSR count). The molecule has 2 aliphatic rings. The number of hydrogen-bond acceptors (Lipinski definition) is 3. The number of piperidine rings is 1. The molecule has 1 aliphatic heterocycles. The summed E-state index contributed by atoms with van der Waals surface area (Å²) in [6.45, 7) is 3.43. The molecule has 2 fully saturated rings. The summed E-state index contributed by atoms with van der Waals surface area (Å²) in [5.74, 6) is 6.82. The fraction of sp³-hybridized carbons (Fsp3) is 1.00. The third-order valence-electron chi connectivity index (χ3n) is 4.74. The molecule has 0 radical (unpaired) electrons. The lowest BCUT2D eigenvalue weighted by Gasteiger charge is -2.35. The minimum atomic E-state index is 0.776. The molecule has 17 heavy (non-hydrogen) atoms. The van der Waals surface area contributed by atoms with Gasteiger partial charge in [0, 0.05) is 19.1 Å². The summed E-state index contributed by atoms with van der Waals surface area (Å²) >= 11 is 0. The third kappa shape index (κ3) is 4.23. The highest BCUT2D eigenvalue weighted by Gasteiger charge is 2.21. The van der Waals surface area contributed by atoms with Crippen molar-refractivity contribution in [2.45, 2.75) is 57.4 Å². The van der Waals surface area contributed by atoms with Gasteiger partial charge in [-0.1, -0.05) is 32.1 Å². The molecule has 0 bridgehead atoms. The van der Waals surface area contributed by atoms with Gasteiger partial charge in [0.1, 0.15) is 0 Å². The van der Waals surface area contributed by atoms with Crippen molar-refractivity contribution in [3.63, 3.8) is 0 Å². The van der Waals surface area contributed by atoms with Crippen molar-refractivity contribution < 1.29 is 0 Å². The van der Waals surface area contributed by atoms with Crippen LogP contribution in [-0.4, -0.2) is 42.6 Å². The van der Waals surface area contributed by atoms with E-state index in [1.54, 1.807) is 0 Å². The number of rotatable bonds is 4. The van der Waals surface area contributed by atoms with Crippen LogP contribution in [0.5, 0.6) is 0 Å². The summed E-state index contributed by atoms with van der Waals surface area (Å²) < 4.78 is 0. The standard InChI is InChI=1S/C14H29N3/c1-16(14-8-11-17(15)12-9-14)10-7-13-5-3-2-4-6-13/h13-14H,2-12,15H2,1H3. The van der Waals surface area contributed by atoms with E-state index in [-0.39, 0.29) is 0 Å². The molecule has 3 nitrogen and oxygen atoms in total. The van der Waals surface area contributed by atoms with Crippen LogP contribution in [0.15, 0.2) is 0 Å². The quantitative estimate of drug-likeness (QED) is 0.764. The summed E-state index contributed by atoms with van der Waals surface area (Å²) in [4.78, 5) is 2.58. The first kappa shape index (κ1) is 13.3. The fourth-order valence-electron chi connectivity index (χ4n) is 3.37. The van der Waals surface area contributed by atoms with Crippen LogP contribution in [0.25, 0.3) is 0 Å². The van der Waals surface area contributed by atoms with E-state index in [4.69, 9.17) is 5.84 Å². The van der Waals surface area contributed by atoms with Gasteiger partial charge in [0.15, 0.2) is 0 Å². The van der Waals surface area contributed by atoms with Crippen molar-refractivity contribution in [3.05, 3.63) is 0 Å². The van der Waals surface area contributed by atoms with Crippen molar-refractivity contribution in [2.24, 2.45) is 11.8 Å². The van der Waals surface area contributed by atoms with Gasteiger partial charge in [-0.15, -0.1) is 0 Å². The molecule has 0 spiro atoms. The predicted molar refractivity (Wildman–Crippen MR) is 72.6 cm³/mol. The Bertz CT molecular complexity index is 206. The Morgan fingerprint density at radius 2 is 1.71 bits per heavy atom. The molecular formula is C14H29N3. The first-order chi connectivity index (χ1) is 8.25. The lowest BCUT2D eigenvalue weighted by Crippen LogP contribution is -2.46. The van der Waals surface area contributed by atoms with E-state index in [1.165, 1.54) is 57.9 Å². The van der Waals surface area contributed by atoms with Gasteiger partial charge in [0.25, 0.3) is 0 Å². The highest BCUT2D eigenvalue weighted by atomic mass is 15.4. The van der Waals surface area contributed by atoms with Crippen LogP contribution in [0.3, 0.4) is 0 Å². The summed E-state index contributed by atoms with van der Waals surface area (Å²) in [6.07, 6.45) is 11.3. The molecule has 1 saturated carbocycles. The number of hydrogen-bond donors (Lipinski definition) is 1. The first-order valence-corrected chi connectivity index (χ1v) is 7.45. The van der Waals surface area contributed by atoms with E-state index >= 15 is 0 Å². The maximum absolute atomic E-state index is 5.80. The van der Waals surface area contributed by atoms with Crippen LogP contribution >= 0.6 is 0 Å². The second kappa shape index (κ2) is 6.72. The zero-order chi connectivity index (χ0) is 12.1. The maximum Gasteiger partial charge on any atom is 0.0143 e. The van der Waals surface area contributed by atoms with Gasteiger partial charge in [0.2, 0.25) is 0 Å². The first-order valence-electron chi connectivity index (χ1n) is 7.45. The van der Waals surface area contributed by atoms with Gasteiger partial charge in [-0.2, -0.15) is 0 Å². The van der Waals surface area contributed by atoms with Crippen molar-refractivity contribution in [1.82, 2.24) is 9.91 Å². The Hall–Kier alpha value is -0.120. The molecule has 3 heteroatoms. The van der Waals surface area contributed by atoms with E-state index in [2.05, 4.69) is 11.9 Å². The molecule has 0 aromatic carbocycles. The SMILES string of the molecule is CN(CCC1CCCCC1)C1CCN(N)CC1. The van der Waals surface area contributed by atoms with Gasteiger partial charge in [-0.25, -0.2) is 5.01 Å². The van der Waals surface area contributed by atoms with E-state index in [9.17, 15) is 0 Å². The lowest BCUT2D eigenvalue weighted by atomic mass is 9.87. The summed E-state index contributed by atoms with van der Waals surface area (Å²) in [6, 6.07) is 0.776. The van der Waals surface area contributed by atoms with Crippen LogP contribution < -0.4 is 5.84 Å². The Kier molecular flexibility index (Phi) is 5.26. The minimum Gasteiger partial charge on any atom is -0.303 e. The number of nitrogens with two attached hydrogens (primary N) is 1. The Morgan fingerprint density at radius 3 is 2.35 bits per heavy atom. The Balaban J connectivity index is 1.64. The molecule has 0 aromatic heterocycles. The Morgan fingerprint density at radius 1 is 1.06 bits per heavy atom. The van der Waals surface area contributed by atoms with Crippen molar-refractivity contribution in [3.8, 4) is 0 Å². The monoisotopic (exact) mass is 239 g/mol. The van der Waals surface area contributed by atoms with Crippen molar-refractivity contribution in [1.29, 1.82) is 0 Å².